The van der Waals surface area contributed by atoms with Crippen molar-refractivity contribution in [1.29, 1.82) is 0 Å². The summed E-state index contributed by atoms with van der Waals surface area (Å²) in [5.74, 6) is 0.669. The van der Waals surface area contributed by atoms with Crippen molar-refractivity contribution in [1.82, 2.24) is 15.1 Å². The van der Waals surface area contributed by atoms with Gasteiger partial charge in [0.1, 0.15) is 0 Å². The molecule has 0 atom stereocenters. The van der Waals surface area contributed by atoms with Crippen LogP contribution in [0, 0.1) is 13.8 Å². The van der Waals surface area contributed by atoms with Crippen LogP contribution in [0.4, 0.5) is 5.69 Å². The monoisotopic (exact) mass is 416 g/mol. The van der Waals surface area contributed by atoms with Crippen molar-refractivity contribution in [2.24, 2.45) is 0 Å². The molecule has 5 heteroatoms. The Labute approximate surface area is 184 Å². The lowest BCUT2D eigenvalue weighted by Gasteiger charge is -2.25. The van der Waals surface area contributed by atoms with Gasteiger partial charge in [0, 0.05) is 11.6 Å². The number of aryl methyl sites for hydroxylation is 2. The molecule has 1 aromatic heterocycles. The van der Waals surface area contributed by atoms with Crippen LogP contribution in [0.2, 0.25) is 0 Å². The number of hydrogen-bond donors (Lipinski definition) is 2. The summed E-state index contributed by atoms with van der Waals surface area (Å²) in [7, 11) is 0. The van der Waals surface area contributed by atoms with Crippen molar-refractivity contribution >= 4 is 11.6 Å². The quantitative estimate of drug-likeness (QED) is 0.591. The minimum absolute atomic E-state index is 0.0964. The van der Waals surface area contributed by atoms with E-state index >= 15 is 0 Å². The highest BCUT2D eigenvalue weighted by atomic mass is 16.1. The zero-order valence-corrected chi connectivity index (χ0v) is 18.9. The number of nitrogens with one attached hydrogen (secondary N) is 2. The van der Waals surface area contributed by atoms with Crippen molar-refractivity contribution in [3.05, 3.63) is 76.6 Å². The maximum atomic E-state index is 13.3. The number of aromatic nitrogens is 2. The van der Waals surface area contributed by atoms with E-state index in [1.807, 2.05) is 16.8 Å². The Morgan fingerprint density at radius 2 is 1.77 bits per heavy atom. The van der Waals surface area contributed by atoms with Crippen LogP contribution in [-0.4, -0.2) is 28.8 Å². The van der Waals surface area contributed by atoms with E-state index in [1.165, 1.54) is 16.7 Å². The number of nitrogens with zero attached hydrogens (tertiary/aromatic N) is 2. The first-order valence-electron chi connectivity index (χ1n) is 11.2. The molecule has 31 heavy (non-hydrogen) atoms. The highest BCUT2D eigenvalue weighted by Gasteiger charge is 2.27. The second-order valence-electron chi connectivity index (χ2n) is 8.88. The van der Waals surface area contributed by atoms with Gasteiger partial charge >= 0.3 is 0 Å². The molecular weight excluding hydrogens is 384 g/mol. The molecule has 1 saturated heterocycles. The number of piperidine rings is 1. The summed E-state index contributed by atoms with van der Waals surface area (Å²) in [6.07, 6.45) is 3.73. The van der Waals surface area contributed by atoms with Crippen LogP contribution in [-0.2, 0) is 0 Å². The van der Waals surface area contributed by atoms with Crippen LogP contribution in [0.5, 0.6) is 0 Å². The van der Waals surface area contributed by atoms with Gasteiger partial charge in [0.15, 0.2) is 0 Å². The molecule has 0 aliphatic carbocycles. The van der Waals surface area contributed by atoms with E-state index in [0.29, 0.717) is 17.4 Å². The van der Waals surface area contributed by atoms with Crippen molar-refractivity contribution < 1.29 is 4.79 Å². The fourth-order valence-electron chi connectivity index (χ4n) is 4.23. The van der Waals surface area contributed by atoms with Gasteiger partial charge in [-0.05, 0) is 86.7 Å². The van der Waals surface area contributed by atoms with Gasteiger partial charge in [-0.25, -0.2) is 4.68 Å². The Morgan fingerprint density at radius 1 is 1.06 bits per heavy atom. The fraction of sp³-hybridized carbons (Fsp3) is 0.385. The normalized spacial score (nSPS) is 14.7. The van der Waals surface area contributed by atoms with Gasteiger partial charge in [-0.3, -0.25) is 4.79 Å². The number of anilines is 1. The number of carbonyl (C=O) groups excluding carboxylic acids is 1. The van der Waals surface area contributed by atoms with Gasteiger partial charge in [-0.2, -0.15) is 5.10 Å². The SMILES string of the molecule is Cc1ccc(-n2ncc(C(=O)Nc3ccc(C(C)C)cc3)c2C2CCNCC2)cc1C. The maximum Gasteiger partial charge on any atom is 0.259 e. The zero-order valence-electron chi connectivity index (χ0n) is 18.9. The lowest BCUT2D eigenvalue weighted by atomic mass is 9.91. The average molecular weight is 417 g/mol. The summed E-state index contributed by atoms with van der Waals surface area (Å²) in [6.45, 7) is 10.5. The van der Waals surface area contributed by atoms with Gasteiger partial charge in [0.25, 0.3) is 5.91 Å². The maximum absolute atomic E-state index is 13.3. The van der Waals surface area contributed by atoms with Crippen LogP contribution in [0.25, 0.3) is 5.69 Å². The third-order valence-corrected chi connectivity index (χ3v) is 6.35. The number of carbonyl (C=O) groups is 1. The molecule has 162 valence electrons. The van der Waals surface area contributed by atoms with E-state index in [-0.39, 0.29) is 5.91 Å². The molecular formula is C26H32N4O. The number of amides is 1. The third-order valence-electron chi connectivity index (χ3n) is 6.35. The highest BCUT2D eigenvalue weighted by Crippen LogP contribution is 2.31. The number of hydrogen-bond acceptors (Lipinski definition) is 3. The minimum Gasteiger partial charge on any atom is -0.322 e. The van der Waals surface area contributed by atoms with Crippen LogP contribution in [0.1, 0.15) is 71.3 Å². The molecule has 0 unspecified atom stereocenters. The molecule has 1 aliphatic heterocycles. The largest absolute Gasteiger partial charge is 0.322 e. The Bertz CT molecular complexity index is 1060. The average Bonchev–Trinajstić information content (AvgIpc) is 3.22. The topological polar surface area (TPSA) is 59.0 Å². The molecule has 0 bridgehead atoms. The standard InChI is InChI=1S/C26H32N4O/c1-17(2)20-6-8-22(9-7-20)29-26(31)24-16-28-30(23-10-5-18(3)19(4)15-23)25(24)21-11-13-27-14-12-21/h5-10,15-17,21,27H,11-14H2,1-4H3,(H,29,31). The fourth-order valence-corrected chi connectivity index (χ4v) is 4.23. The summed E-state index contributed by atoms with van der Waals surface area (Å²) in [5, 5.41) is 11.2. The third kappa shape index (κ3) is 4.57. The lowest BCUT2D eigenvalue weighted by molar-refractivity contribution is 0.102. The minimum atomic E-state index is -0.0964. The highest BCUT2D eigenvalue weighted by molar-refractivity contribution is 6.05. The van der Waals surface area contributed by atoms with Crippen LogP contribution in [0.15, 0.2) is 48.7 Å². The van der Waals surface area contributed by atoms with E-state index in [9.17, 15) is 4.79 Å². The van der Waals surface area contributed by atoms with Crippen molar-refractivity contribution in [3.63, 3.8) is 0 Å². The number of rotatable bonds is 5. The van der Waals surface area contributed by atoms with Crippen molar-refractivity contribution in [2.75, 3.05) is 18.4 Å². The van der Waals surface area contributed by atoms with E-state index in [0.717, 1.165) is 43.0 Å². The van der Waals surface area contributed by atoms with E-state index in [1.54, 1.807) is 6.20 Å². The molecule has 1 aliphatic rings. The van der Waals surface area contributed by atoms with Crippen LogP contribution < -0.4 is 10.6 Å². The van der Waals surface area contributed by atoms with Crippen LogP contribution in [0.3, 0.4) is 0 Å². The second kappa shape index (κ2) is 9.06. The Balaban J connectivity index is 1.68. The van der Waals surface area contributed by atoms with E-state index in [4.69, 9.17) is 0 Å². The first-order valence-corrected chi connectivity index (χ1v) is 11.2. The molecule has 0 saturated carbocycles. The summed E-state index contributed by atoms with van der Waals surface area (Å²) < 4.78 is 1.97. The first-order chi connectivity index (χ1) is 14.9. The van der Waals surface area contributed by atoms with Gasteiger partial charge in [-0.15, -0.1) is 0 Å². The Kier molecular flexibility index (Phi) is 6.23. The van der Waals surface area contributed by atoms with Crippen molar-refractivity contribution in [3.8, 4) is 5.69 Å². The number of benzene rings is 2. The first kappa shape index (κ1) is 21.3. The van der Waals surface area contributed by atoms with Crippen LogP contribution >= 0.6 is 0 Å². The summed E-state index contributed by atoms with van der Waals surface area (Å²) in [5.41, 5.74) is 7.24. The molecule has 2 N–H and O–H groups in total. The molecule has 0 spiro atoms. The Morgan fingerprint density at radius 3 is 2.42 bits per heavy atom. The molecule has 2 heterocycles. The molecule has 1 fully saturated rings. The summed E-state index contributed by atoms with van der Waals surface area (Å²) in [6, 6.07) is 14.5. The molecule has 1 amide bonds. The molecule has 5 nitrogen and oxygen atoms in total. The lowest BCUT2D eigenvalue weighted by Crippen LogP contribution is -2.29. The van der Waals surface area contributed by atoms with E-state index in [2.05, 4.69) is 73.8 Å². The van der Waals surface area contributed by atoms with Gasteiger partial charge < -0.3 is 10.6 Å². The van der Waals surface area contributed by atoms with E-state index < -0.39 is 0 Å². The summed E-state index contributed by atoms with van der Waals surface area (Å²) in [4.78, 5) is 13.3. The predicted octanol–water partition coefficient (Wildman–Crippen LogP) is 5.33. The molecule has 2 aromatic carbocycles. The van der Waals surface area contributed by atoms with Gasteiger partial charge in [-0.1, -0.05) is 32.0 Å². The predicted molar refractivity (Wildman–Crippen MR) is 126 cm³/mol. The van der Waals surface area contributed by atoms with Gasteiger partial charge in [0.05, 0.1) is 23.1 Å². The molecule has 3 aromatic rings. The second-order valence-corrected chi connectivity index (χ2v) is 8.88. The summed E-state index contributed by atoms with van der Waals surface area (Å²) >= 11 is 0. The zero-order chi connectivity index (χ0) is 22.0. The smallest absolute Gasteiger partial charge is 0.259 e. The molecule has 0 radical (unpaired) electrons. The Hall–Kier alpha value is -2.92. The van der Waals surface area contributed by atoms with Crippen molar-refractivity contribution in [2.45, 2.75) is 52.4 Å². The molecule has 4 rings (SSSR count). The van der Waals surface area contributed by atoms with Gasteiger partial charge in [0.2, 0.25) is 0 Å².